The van der Waals surface area contributed by atoms with Gasteiger partial charge in [-0.05, 0) is 45.0 Å². The van der Waals surface area contributed by atoms with E-state index in [1.165, 1.54) is 38.4 Å². The summed E-state index contributed by atoms with van der Waals surface area (Å²) in [4.78, 5) is 4.93. The van der Waals surface area contributed by atoms with Gasteiger partial charge in [-0.1, -0.05) is 0 Å². The first-order valence-corrected chi connectivity index (χ1v) is 7.27. The van der Waals surface area contributed by atoms with Gasteiger partial charge < -0.3 is 15.5 Å². The first-order chi connectivity index (χ1) is 7.22. The molecule has 1 saturated heterocycles. The lowest BCUT2D eigenvalue weighted by atomic mass is 10.2. The van der Waals surface area contributed by atoms with Crippen LogP contribution >= 0.6 is 11.8 Å². The zero-order valence-electron chi connectivity index (χ0n) is 10.1. The summed E-state index contributed by atoms with van der Waals surface area (Å²) in [5, 5.41) is 0. The molecule has 0 bridgehead atoms. The van der Waals surface area contributed by atoms with Crippen LogP contribution in [-0.4, -0.2) is 67.6 Å². The standard InChI is InChI=1S/C11H25N3S/c1-13-5-3-6-14(8-7-13)10-11(12)4-9-15-2/h11H,3-10,12H2,1-2H3. The molecular formula is C11H25N3S. The Morgan fingerprint density at radius 2 is 2.07 bits per heavy atom. The number of hydrogen-bond acceptors (Lipinski definition) is 4. The smallest absolute Gasteiger partial charge is 0.0175 e. The first kappa shape index (κ1) is 13.3. The van der Waals surface area contributed by atoms with E-state index in [9.17, 15) is 0 Å². The fourth-order valence-corrected chi connectivity index (χ4v) is 2.51. The van der Waals surface area contributed by atoms with Gasteiger partial charge in [-0.25, -0.2) is 0 Å². The van der Waals surface area contributed by atoms with Gasteiger partial charge >= 0.3 is 0 Å². The van der Waals surface area contributed by atoms with Crippen molar-refractivity contribution < 1.29 is 0 Å². The SMILES string of the molecule is CSCCC(N)CN1CCCN(C)CC1. The van der Waals surface area contributed by atoms with Crippen molar-refractivity contribution in [1.82, 2.24) is 9.80 Å². The lowest BCUT2D eigenvalue weighted by Gasteiger charge is -2.23. The zero-order valence-corrected chi connectivity index (χ0v) is 10.9. The molecule has 15 heavy (non-hydrogen) atoms. The Kier molecular flexibility index (Phi) is 6.64. The number of nitrogens with zero attached hydrogens (tertiary/aromatic N) is 2. The molecule has 1 fully saturated rings. The fraction of sp³-hybridized carbons (Fsp3) is 1.00. The van der Waals surface area contributed by atoms with E-state index in [2.05, 4.69) is 23.1 Å². The van der Waals surface area contributed by atoms with Gasteiger partial charge in [-0.3, -0.25) is 0 Å². The molecule has 0 saturated carbocycles. The van der Waals surface area contributed by atoms with Crippen LogP contribution in [0.5, 0.6) is 0 Å². The second kappa shape index (κ2) is 7.49. The van der Waals surface area contributed by atoms with Gasteiger partial charge in [0.2, 0.25) is 0 Å². The Bertz CT molecular complexity index is 166. The van der Waals surface area contributed by atoms with Crippen molar-refractivity contribution >= 4 is 11.8 Å². The lowest BCUT2D eigenvalue weighted by Crippen LogP contribution is -2.39. The minimum absolute atomic E-state index is 0.362. The predicted molar refractivity (Wildman–Crippen MR) is 69.5 cm³/mol. The third-order valence-electron chi connectivity index (χ3n) is 3.00. The van der Waals surface area contributed by atoms with E-state index in [0.717, 1.165) is 13.0 Å². The van der Waals surface area contributed by atoms with Crippen LogP contribution in [0, 0.1) is 0 Å². The molecule has 0 amide bonds. The van der Waals surface area contributed by atoms with Gasteiger partial charge in [0.25, 0.3) is 0 Å². The summed E-state index contributed by atoms with van der Waals surface area (Å²) in [6.07, 6.45) is 4.58. The van der Waals surface area contributed by atoms with Crippen LogP contribution in [0.2, 0.25) is 0 Å². The number of likely N-dealkylation sites (N-methyl/N-ethyl adjacent to an activating group) is 1. The highest BCUT2D eigenvalue weighted by Crippen LogP contribution is 2.04. The summed E-state index contributed by atoms with van der Waals surface area (Å²) >= 11 is 1.89. The average Bonchev–Trinajstić information content (AvgIpc) is 2.41. The topological polar surface area (TPSA) is 32.5 Å². The van der Waals surface area contributed by atoms with Gasteiger partial charge in [-0.15, -0.1) is 0 Å². The third-order valence-corrected chi connectivity index (χ3v) is 3.64. The molecule has 0 aromatic carbocycles. The van der Waals surface area contributed by atoms with Crippen molar-refractivity contribution in [2.75, 3.05) is 51.8 Å². The number of nitrogens with two attached hydrogens (primary N) is 1. The van der Waals surface area contributed by atoms with E-state index in [0.29, 0.717) is 6.04 Å². The second-order valence-corrected chi connectivity index (χ2v) is 5.48. The van der Waals surface area contributed by atoms with E-state index in [4.69, 9.17) is 5.73 Å². The van der Waals surface area contributed by atoms with Crippen molar-refractivity contribution in [2.24, 2.45) is 5.73 Å². The molecule has 1 aliphatic rings. The normalized spacial score (nSPS) is 22.6. The van der Waals surface area contributed by atoms with E-state index in [1.807, 2.05) is 11.8 Å². The average molecular weight is 231 g/mol. The van der Waals surface area contributed by atoms with Crippen LogP contribution in [-0.2, 0) is 0 Å². The molecule has 0 spiro atoms. The van der Waals surface area contributed by atoms with E-state index < -0.39 is 0 Å². The van der Waals surface area contributed by atoms with Crippen LogP contribution in [0.4, 0.5) is 0 Å². The predicted octanol–water partition coefficient (Wildman–Crippen LogP) is 0.704. The van der Waals surface area contributed by atoms with Crippen molar-refractivity contribution in [1.29, 1.82) is 0 Å². The summed E-state index contributed by atoms with van der Waals surface area (Å²) in [6, 6.07) is 0.362. The molecule has 4 heteroatoms. The quantitative estimate of drug-likeness (QED) is 0.755. The monoisotopic (exact) mass is 231 g/mol. The summed E-state index contributed by atoms with van der Waals surface area (Å²) in [7, 11) is 2.21. The maximum atomic E-state index is 6.11. The van der Waals surface area contributed by atoms with Gasteiger partial charge in [0.05, 0.1) is 0 Å². The number of hydrogen-bond donors (Lipinski definition) is 1. The molecule has 0 radical (unpaired) electrons. The van der Waals surface area contributed by atoms with Gasteiger partial charge in [0, 0.05) is 25.7 Å². The molecule has 0 aromatic rings. The van der Waals surface area contributed by atoms with E-state index in [1.54, 1.807) is 0 Å². The van der Waals surface area contributed by atoms with E-state index in [-0.39, 0.29) is 0 Å². The van der Waals surface area contributed by atoms with Gasteiger partial charge in [0.1, 0.15) is 0 Å². The highest BCUT2D eigenvalue weighted by atomic mass is 32.2. The molecule has 0 aliphatic carbocycles. The Labute approximate surface area is 98.4 Å². The molecule has 1 atom stereocenters. The Hall–Kier alpha value is 0.230. The summed E-state index contributed by atoms with van der Waals surface area (Å²) in [5.41, 5.74) is 6.11. The minimum atomic E-state index is 0.362. The van der Waals surface area contributed by atoms with Crippen LogP contribution < -0.4 is 5.73 Å². The summed E-state index contributed by atoms with van der Waals surface area (Å²) in [6.45, 7) is 5.90. The van der Waals surface area contributed by atoms with Crippen molar-refractivity contribution in [2.45, 2.75) is 18.9 Å². The highest BCUT2D eigenvalue weighted by molar-refractivity contribution is 7.98. The Morgan fingerprint density at radius 3 is 2.80 bits per heavy atom. The maximum Gasteiger partial charge on any atom is 0.0175 e. The third kappa shape index (κ3) is 5.76. The van der Waals surface area contributed by atoms with Crippen LogP contribution in [0.3, 0.4) is 0 Å². The molecule has 1 heterocycles. The van der Waals surface area contributed by atoms with Gasteiger partial charge in [0.15, 0.2) is 0 Å². The molecule has 90 valence electrons. The van der Waals surface area contributed by atoms with Crippen molar-refractivity contribution in [3.8, 4) is 0 Å². The van der Waals surface area contributed by atoms with Gasteiger partial charge in [-0.2, -0.15) is 11.8 Å². The van der Waals surface area contributed by atoms with Crippen LogP contribution in [0.25, 0.3) is 0 Å². The molecule has 3 nitrogen and oxygen atoms in total. The van der Waals surface area contributed by atoms with Crippen LogP contribution in [0.1, 0.15) is 12.8 Å². The molecular weight excluding hydrogens is 206 g/mol. The van der Waals surface area contributed by atoms with Crippen molar-refractivity contribution in [3.63, 3.8) is 0 Å². The molecule has 2 N–H and O–H groups in total. The highest BCUT2D eigenvalue weighted by Gasteiger charge is 2.14. The molecule has 0 aromatic heterocycles. The first-order valence-electron chi connectivity index (χ1n) is 5.88. The Balaban J connectivity index is 2.18. The molecule has 1 unspecified atom stereocenters. The summed E-state index contributed by atoms with van der Waals surface area (Å²) < 4.78 is 0. The summed E-state index contributed by atoms with van der Waals surface area (Å²) in [5.74, 6) is 1.19. The molecule has 1 aliphatic heterocycles. The largest absolute Gasteiger partial charge is 0.327 e. The minimum Gasteiger partial charge on any atom is -0.327 e. The number of rotatable bonds is 5. The number of thioether (sulfide) groups is 1. The lowest BCUT2D eigenvalue weighted by molar-refractivity contribution is 0.259. The Morgan fingerprint density at radius 1 is 1.27 bits per heavy atom. The zero-order chi connectivity index (χ0) is 11.1. The van der Waals surface area contributed by atoms with E-state index >= 15 is 0 Å². The van der Waals surface area contributed by atoms with Crippen LogP contribution in [0.15, 0.2) is 0 Å². The maximum absolute atomic E-state index is 6.11. The van der Waals surface area contributed by atoms with Crippen molar-refractivity contribution in [3.05, 3.63) is 0 Å². The fourth-order valence-electron chi connectivity index (χ4n) is 1.97. The molecule has 1 rings (SSSR count). The second-order valence-electron chi connectivity index (χ2n) is 4.50.